The second-order valence-electron chi connectivity index (χ2n) is 7.23. The highest BCUT2D eigenvalue weighted by molar-refractivity contribution is 7.88. The first-order valence-corrected chi connectivity index (χ1v) is 10.6. The number of halogens is 4. The second-order valence-corrected chi connectivity index (χ2v) is 9.21. The van der Waals surface area contributed by atoms with Gasteiger partial charge in [-0.15, -0.1) is 5.10 Å². The zero-order valence-corrected chi connectivity index (χ0v) is 16.5. The minimum Gasteiger partial charge on any atom is -0.391 e. The van der Waals surface area contributed by atoms with E-state index in [-0.39, 0.29) is 12.1 Å². The monoisotopic (exact) mass is 437 g/mol. The number of sulfonamides is 1. The predicted molar refractivity (Wildman–Crippen MR) is 94.0 cm³/mol. The van der Waals surface area contributed by atoms with Crippen molar-refractivity contribution in [2.75, 3.05) is 12.8 Å². The summed E-state index contributed by atoms with van der Waals surface area (Å²) in [6, 6.07) is 1.52. The molecule has 0 saturated heterocycles. The maximum atomic E-state index is 14.9. The molecule has 0 spiro atoms. The van der Waals surface area contributed by atoms with E-state index in [2.05, 4.69) is 5.10 Å². The number of rotatable bonds is 7. The molecule has 2 aromatic rings. The van der Waals surface area contributed by atoms with Crippen molar-refractivity contribution in [3.8, 4) is 0 Å². The van der Waals surface area contributed by atoms with Crippen LogP contribution in [0.2, 0.25) is 0 Å². The van der Waals surface area contributed by atoms with Crippen LogP contribution in [0.25, 0.3) is 0 Å². The van der Waals surface area contributed by atoms with E-state index in [1.54, 1.807) is 6.92 Å². The van der Waals surface area contributed by atoms with E-state index in [0.29, 0.717) is 6.42 Å². The summed E-state index contributed by atoms with van der Waals surface area (Å²) in [6.07, 6.45) is -0.397. The van der Waals surface area contributed by atoms with E-state index in [1.165, 1.54) is 0 Å². The van der Waals surface area contributed by atoms with Gasteiger partial charge in [-0.25, -0.2) is 35.9 Å². The van der Waals surface area contributed by atoms with Gasteiger partial charge in [0.25, 0.3) is 5.92 Å². The minimum absolute atomic E-state index is 0.107. The predicted octanol–water partition coefficient (Wildman–Crippen LogP) is 2.53. The molecule has 3 rings (SSSR count). The smallest absolute Gasteiger partial charge is 0.391 e. The molecular formula is C17H19F4N3O4S. The fourth-order valence-corrected chi connectivity index (χ4v) is 4.49. The van der Waals surface area contributed by atoms with Crippen LogP contribution in [0.15, 0.2) is 21.3 Å². The van der Waals surface area contributed by atoms with Gasteiger partial charge in [-0.3, -0.25) is 0 Å². The molecule has 1 N–H and O–H groups in total. The van der Waals surface area contributed by atoms with E-state index in [4.69, 9.17) is 4.42 Å². The van der Waals surface area contributed by atoms with Crippen molar-refractivity contribution in [2.45, 2.75) is 44.1 Å². The molecule has 0 aliphatic heterocycles. The van der Waals surface area contributed by atoms with E-state index >= 15 is 0 Å². The Labute approximate surface area is 163 Å². The first-order chi connectivity index (χ1) is 13.4. The van der Waals surface area contributed by atoms with Crippen LogP contribution in [0.1, 0.15) is 43.2 Å². The molecule has 1 aromatic carbocycles. The molecule has 12 heteroatoms. The molecular weight excluding hydrogens is 418 g/mol. The van der Waals surface area contributed by atoms with E-state index in [1.807, 2.05) is 5.10 Å². The normalized spacial score (nSPS) is 18.0. The Balaban J connectivity index is 2.03. The molecule has 160 valence electrons. The van der Waals surface area contributed by atoms with Gasteiger partial charge in [0.2, 0.25) is 15.9 Å². The Bertz CT molecular complexity index is 1070. The lowest BCUT2D eigenvalue weighted by atomic mass is 9.61. The lowest BCUT2D eigenvalue weighted by Gasteiger charge is -2.45. The molecule has 0 bridgehead atoms. The van der Waals surface area contributed by atoms with Gasteiger partial charge in [0, 0.05) is 37.1 Å². The fourth-order valence-electron chi connectivity index (χ4n) is 3.60. The van der Waals surface area contributed by atoms with Crippen LogP contribution in [-0.2, 0) is 22.0 Å². The molecule has 1 saturated carbocycles. The van der Waals surface area contributed by atoms with Crippen molar-refractivity contribution >= 4 is 10.0 Å². The average molecular weight is 437 g/mol. The summed E-state index contributed by atoms with van der Waals surface area (Å²) >= 11 is 0. The number of hydrogen-bond acceptors (Lipinski definition) is 5. The number of aromatic nitrogens is 2. The zero-order chi connectivity index (χ0) is 21.6. The molecule has 0 amide bonds. The molecule has 1 aliphatic rings. The molecule has 1 aliphatic carbocycles. The molecule has 1 heterocycles. The Hall–Kier alpha value is -2.21. The Morgan fingerprint density at radius 1 is 1.24 bits per heavy atom. The SMILES string of the molecule is CCCN(Cc1cc(F)c(C2(c3n[nH]c(=O)o3)CC(F)(F)C2)cc1F)S(C)(=O)=O. The molecule has 0 atom stereocenters. The van der Waals surface area contributed by atoms with Gasteiger partial charge in [0.15, 0.2) is 0 Å². The number of alkyl halides is 2. The van der Waals surface area contributed by atoms with Crippen molar-refractivity contribution in [1.29, 1.82) is 0 Å². The number of nitrogens with one attached hydrogen (secondary N) is 1. The third-order valence-electron chi connectivity index (χ3n) is 4.91. The first kappa shape index (κ1) is 21.5. The topological polar surface area (TPSA) is 96.3 Å². The van der Waals surface area contributed by atoms with Crippen molar-refractivity contribution in [3.05, 3.63) is 51.3 Å². The number of aromatic amines is 1. The standard InChI is InChI=1S/C17H19F4N3O4S/c1-3-4-24(29(2,26)27)7-10-5-13(19)11(6-12(10)18)16(8-17(20,21)9-16)14-22-23-15(25)28-14/h5-6H,3-4,7-9H2,1-2H3,(H,23,25). The van der Waals surface area contributed by atoms with Crippen LogP contribution in [0, 0.1) is 11.6 Å². The van der Waals surface area contributed by atoms with E-state index < -0.39 is 69.6 Å². The summed E-state index contributed by atoms with van der Waals surface area (Å²) in [5.74, 6) is -6.60. The summed E-state index contributed by atoms with van der Waals surface area (Å²) in [4.78, 5) is 11.2. The van der Waals surface area contributed by atoms with E-state index in [9.17, 15) is 30.8 Å². The largest absolute Gasteiger partial charge is 0.434 e. The van der Waals surface area contributed by atoms with Gasteiger partial charge in [0.05, 0.1) is 11.7 Å². The van der Waals surface area contributed by atoms with Crippen molar-refractivity contribution in [3.63, 3.8) is 0 Å². The van der Waals surface area contributed by atoms with Crippen LogP contribution in [-0.4, -0.2) is 41.6 Å². The maximum Gasteiger partial charge on any atom is 0.434 e. The second kappa shape index (κ2) is 7.24. The van der Waals surface area contributed by atoms with Gasteiger partial charge in [-0.1, -0.05) is 6.92 Å². The van der Waals surface area contributed by atoms with Crippen LogP contribution < -0.4 is 5.76 Å². The first-order valence-electron chi connectivity index (χ1n) is 8.75. The summed E-state index contributed by atoms with van der Waals surface area (Å²) < 4.78 is 86.4. The van der Waals surface area contributed by atoms with Gasteiger partial charge in [0.1, 0.15) is 11.6 Å². The molecule has 0 unspecified atom stereocenters. The highest BCUT2D eigenvalue weighted by atomic mass is 32.2. The summed E-state index contributed by atoms with van der Waals surface area (Å²) in [7, 11) is -3.66. The molecule has 0 radical (unpaired) electrons. The maximum absolute atomic E-state index is 14.9. The van der Waals surface area contributed by atoms with Crippen molar-refractivity contribution in [2.24, 2.45) is 0 Å². The van der Waals surface area contributed by atoms with Gasteiger partial charge in [-0.2, -0.15) is 4.31 Å². The Morgan fingerprint density at radius 2 is 1.90 bits per heavy atom. The van der Waals surface area contributed by atoms with Crippen LogP contribution >= 0.6 is 0 Å². The third kappa shape index (κ3) is 4.08. The van der Waals surface area contributed by atoms with Crippen molar-refractivity contribution < 1.29 is 30.4 Å². The molecule has 29 heavy (non-hydrogen) atoms. The third-order valence-corrected chi connectivity index (χ3v) is 6.16. The van der Waals surface area contributed by atoms with Gasteiger partial charge < -0.3 is 4.42 Å². The zero-order valence-electron chi connectivity index (χ0n) is 15.6. The number of hydrogen-bond donors (Lipinski definition) is 1. The lowest BCUT2D eigenvalue weighted by molar-refractivity contribution is -0.121. The number of benzene rings is 1. The lowest BCUT2D eigenvalue weighted by Crippen LogP contribution is -2.51. The minimum atomic E-state index is -3.66. The van der Waals surface area contributed by atoms with Crippen LogP contribution in [0.5, 0.6) is 0 Å². The average Bonchev–Trinajstić information content (AvgIpc) is 3.00. The highest BCUT2D eigenvalue weighted by Gasteiger charge is 2.62. The Morgan fingerprint density at radius 3 is 2.38 bits per heavy atom. The van der Waals surface area contributed by atoms with E-state index in [0.717, 1.165) is 22.7 Å². The summed E-state index contributed by atoms with van der Waals surface area (Å²) in [5.41, 5.74) is -2.47. The molecule has 1 fully saturated rings. The van der Waals surface area contributed by atoms with Crippen molar-refractivity contribution in [1.82, 2.24) is 14.5 Å². The summed E-state index contributed by atoms with van der Waals surface area (Å²) in [6.45, 7) is 1.43. The molecule has 1 aromatic heterocycles. The Kier molecular flexibility index (Phi) is 5.37. The summed E-state index contributed by atoms with van der Waals surface area (Å²) in [5, 5.41) is 5.47. The highest BCUT2D eigenvalue weighted by Crippen LogP contribution is 2.57. The van der Waals surface area contributed by atoms with Gasteiger partial charge >= 0.3 is 5.76 Å². The van der Waals surface area contributed by atoms with Crippen LogP contribution in [0.3, 0.4) is 0 Å². The fraction of sp³-hybridized carbons (Fsp3) is 0.529. The van der Waals surface area contributed by atoms with Gasteiger partial charge in [-0.05, 0) is 18.6 Å². The quantitative estimate of drug-likeness (QED) is 0.672. The number of H-pyrrole nitrogens is 1. The number of nitrogens with zero attached hydrogens (tertiary/aromatic N) is 2. The van der Waals surface area contributed by atoms with Crippen LogP contribution in [0.4, 0.5) is 17.6 Å². The molecule has 7 nitrogen and oxygen atoms in total.